The van der Waals surface area contributed by atoms with E-state index >= 15 is 0 Å². The third-order valence-corrected chi connectivity index (χ3v) is 3.60. The minimum atomic E-state index is 0. The molecule has 3 N–H and O–H groups in total. The molecule has 1 heterocycles. The molecule has 7 heteroatoms. The number of ether oxygens (including phenoxy) is 1. The second-order valence-corrected chi connectivity index (χ2v) is 5.57. The number of aliphatic imine (C=N–C) groups is 1. The fraction of sp³-hybridized carbons (Fsp3) is 0.421. The first-order valence-electron chi connectivity index (χ1n) is 8.68. The molecule has 0 saturated heterocycles. The van der Waals surface area contributed by atoms with Gasteiger partial charge in [0.1, 0.15) is 5.76 Å². The summed E-state index contributed by atoms with van der Waals surface area (Å²) >= 11 is 0. The van der Waals surface area contributed by atoms with Gasteiger partial charge in [-0.25, -0.2) is 4.99 Å². The summed E-state index contributed by atoms with van der Waals surface area (Å²) < 4.78 is 10.4. The molecule has 2 aromatic rings. The summed E-state index contributed by atoms with van der Waals surface area (Å²) in [4.78, 5) is 4.63. The molecular formula is C19H29IN4O2. The van der Waals surface area contributed by atoms with E-state index in [-0.39, 0.29) is 24.0 Å². The van der Waals surface area contributed by atoms with Gasteiger partial charge in [0.2, 0.25) is 0 Å². The molecule has 0 bridgehead atoms. The predicted octanol–water partition coefficient (Wildman–Crippen LogP) is 3.25. The molecule has 0 amide bonds. The zero-order valence-electron chi connectivity index (χ0n) is 15.5. The highest BCUT2D eigenvalue weighted by atomic mass is 127. The first-order valence-corrected chi connectivity index (χ1v) is 8.68. The summed E-state index contributed by atoms with van der Waals surface area (Å²) in [5, 5.41) is 9.89. The summed E-state index contributed by atoms with van der Waals surface area (Å²) in [5.74, 6) is 1.79. The Morgan fingerprint density at radius 1 is 1.12 bits per heavy atom. The number of nitrogens with one attached hydrogen (secondary N) is 3. The van der Waals surface area contributed by atoms with Gasteiger partial charge in [0.05, 0.1) is 19.4 Å². The van der Waals surface area contributed by atoms with Crippen LogP contribution in [0.1, 0.15) is 18.2 Å². The van der Waals surface area contributed by atoms with E-state index in [0.717, 1.165) is 43.5 Å². The van der Waals surface area contributed by atoms with Crippen molar-refractivity contribution in [3.8, 4) is 0 Å². The van der Waals surface area contributed by atoms with Crippen LogP contribution in [-0.4, -0.2) is 39.3 Å². The lowest BCUT2D eigenvalue weighted by Crippen LogP contribution is -2.38. The van der Waals surface area contributed by atoms with Gasteiger partial charge in [-0.2, -0.15) is 0 Å². The number of methoxy groups -OCH3 is 1. The van der Waals surface area contributed by atoms with Crippen LogP contribution in [0.3, 0.4) is 0 Å². The van der Waals surface area contributed by atoms with Gasteiger partial charge in [-0.05, 0) is 36.8 Å². The van der Waals surface area contributed by atoms with Crippen LogP contribution in [0.2, 0.25) is 0 Å². The van der Waals surface area contributed by atoms with E-state index in [1.165, 1.54) is 5.56 Å². The monoisotopic (exact) mass is 472 g/mol. The van der Waals surface area contributed by atoms with Crippen LogP contribution in [-0.2, 0) is 17.7 Å². The van der Waals surface area contributed by atoms with Gasteiger partial charge < -0.3 is 25.1 Å². The number of hydrogen-bond donors (Lipinski definition) is 3. The van der Waals surface area contributed by atoms with Crippen molar-refractivity contribution in [2.24, 2.45) is 4.99 Å². The lowest BCUT2D eigenvalue weighted by molar-refractivity contribution is 0.211. The van der Waals surface area contributed by atoms with E-state index in [2.05, 4.69) is 52.1 Å². The van der Waals surface area contributed by atoms with E-state index in [1.54, 1.807) is 13.4 Å². The van der Waals surface area contributed by atoms with Crippen LogP contribution in [0, 0.1) is 0 Å². The Bertz CT molecular complexity index is 615. The molecule has 0 saturated carbocycles. The lowest BCUT2D eigenvalue weighted by Gasteiger charge is -2.11. The van der Waals surface area contributed by atoms with E-state index in [9.17, 15) is 0 Å². The van der Waals surface area contributed by atoms with E-state index in [0.29, 0.717) is 13.2 Å². The maximum absolute atomic E-state index is 5.34. The van der Waals surface area contributed by atoms with Gasteiger partial charge in [-0.1, -0.05) is 12.1 Å². The molecule has 6 nitrogen and oxygen atoms in total. The summed E-state index contributed by atoms with van der Waals surface area (Å²) in [7, 11) is 1.70. The first-order chi connectivity index (χ1) is 12.3. The zero-order valence-corrected chi connectivity index (χ0v) is 17.8. The quantitative estimate of drug-likeness (QED) is 0.214. The molecule has 26 heavy (non-hydrogen) atoms. The number of furan rings is 1. The van der Waals surface area contributed by atoms with Gasteiger partial charge >= 0.3 is 0 Å². The third-order valence-electron chi connectivity index (χ3n) is 3.60. The van der Waals surface area contributed by atoms with E-state index in [1.807, 2.05) is 12.1 Å². The summed E-state index contributed by atoms with van der Waals surface area (Å²) in [6.07, 6.45) is 2.53. The van der Waals surface area contributed by atoms with Gasteiger partial charge in [0, 0.05) is 38.9 Å². The SMILES string of the molecule is CCNC(=NCc1ccc(NCCOC)cc1)NCCc1ccco1.I. The molecule has 0 aliphatic rings. The average molecular weight is 472 g/mol. The summed E-state index contributed by atoms with van der Waals surface area (Å²) in [6.45, 7) is 5.80. The van der Waals surface area contributed by atoms with Crippen LogP contribution >= 0.6 is 24.0 Å². The van der Waals surface area contributed by atoms with Crippen molar-refractivity contribution in [3.63, 3.8) is 0 Å². The van der Waals surface area contributed by atoms with Crippen LogP contribution in [0.25, 0.3) is 0 Å². The second kappa shape index (κ2) is 13.5. The highest BCUT2D eigenvalue weighted by Crippen LogP contribution is 2.10. The van der Waals surface area contributed by atoms with E-state index < -0.39 is 0 Å². The van der Waals surface area contributed by atoms with E-state index in [4.69, 9.17) is 9.15 Å². The molecule has 1 aromatic heterocycles. The van der Waals surface area contributed by atoms with Crippen LogP contribution in [0.15, 0.2) is 52.1 Å². The van der Waals surface area contributed by atoms with Crippen molar-refractivity contribution >= 4 is 35.6 Å². The second-order valence-electron chi connectivity index (χ2n) is 5.57. The molecule has 0 spiro atoms. The topological polar surface area (TPSA) is 70.8 Å². The number of anilines is 1. The molecule has 0 fully saturated rings. The fourth-order valence-electron chi connectivity index (χ4n) is 2.30. The number of hydrogen-bond acceptors (Lipinski definition) is 4. The van der Waals surface area contributed by atoms with Gasteiger partial charge in [-0.15, -0.1) is 24.0 Å². The molecule has 2 rings (SSSR count). The molecule has 0 radical (unpaired) electrons. The van der Waals surface area contributed by atoms with Crippen molar-refractivity contribution in [1.82, 2.24) is 10.6 Å². The normalized spacial score (nSPS) is 10.9. The zero-order chi connectivity index (χ0) is 17.7. The van der Waals surface area contributed by atoms with Crippen molar-refractivity contribution in [2.45, 2.75) is 19.9 Å². The van der Waals surface area contributed by atoms with Gasteiger partial charge in [0.25, 0.3) is 0 Å². The third kappa shape index (κ3) is 8.57. The van der Waals surface area contributed by atoms with Crippen molar-refractivity contribution in [2.75, 3.05) is 38.7 Å². The molecule has 0 unspecified atom stereocenters. The maximum atomic E-state index is 5.34. The summed E-state index contributed by atoms with van der Waals surface area (Å²) in [6, 6.07) is 12.2. The van der Waals surface area contributed by atoms with Gasteiger partial charge in [0.15, 0.2) is 5.96 Å². The van der Waals surface area contributed by atoms with Crippen molar-refractivity contribution < 1.29 is 9.15 Å². The highest BCUT2D eigenvalue weighted by molar-refractivity contribution is 14.0. The van der Waals surface area contributed by atoms with Crippen LogP contribution in [0.4, 0.5) is 5.69 Å². The molecule has 0 aliphatic heterocycles. The minimum absolute atomic E-state index is 0. The highest BCUT2D eigenvalue weighted by Gasteiger charge is 2.00. The number of rotatable bonds is 10. The Morgan fingerprint density at radius 3 is 2.58 bits per heavy atom. The fourth-order valence-corrected chi connectivity index (χ4v) is 2.30. The Balaban J connectivity index is 0.00000338. The molecular weight excluding hydrogens is 443 g/mol. The average Bonchev–Trinajstić information content (AvgIpc) is 3.14. The Hall–Kier alpha value is -1.74. The maximum Gasteiger partial charge on any atom is 0.191 e. The minimum Gasteiger partial charge on any atom is -0.469 e. The smallest absolute Gasteiger partial charge is 0.191 e. The summed E-state index contributed by atoms with van der Waals surface area (Å²) in [5.41, 5.74) is 2.26. The lowest BCUT2D eigenvalue weighted by atomic mass is 10.2. The van der Waals surface area contributed by atoms with Crippen LogP contribution < -0.4 is 16.0 Å². The number of benzene rings is 1. The number of halogens is 1. The molecule has 1 aromatic carbocycles. The Morgan fingerprint density at radius 2 is 1.92 bits per heavy atom. The van der Waals surface area contributed by atoms with Gasteiger partial charge in [-0.3, -0.25) is 0 Å². The Labute approximate surface area is 172 Å². The molecule has 0 aliphatic carbocycles. The predicted molar refractivity (Wildman–Crippen MR) is 117 cm³/mol. The first kappa shape index (κ1) is 22.3. The largest absolute Gasteiger partial charge is 0.469 e. The number of guanidine groups is 1. The molecule has 144 valence electrons. The van der Waals surface area contributed by atoms with Crippen molar-refractivity contribution in [1.29, 1.82) is 0 Å². The standard InChI is InChI=1S/C19H28N4O2.HI/c1-3-20-19(22-11-10-18-5-4-13-25-18)23-15-16-6-8-17(9-7-16)21-12-14-24-2;/h4-9,13,21H,3,10-12,14-15H2,1-2H3,(H2,20,22,23);1H. The molecule has 0 atom stereocenters. The Kier molecular flexibility index (Phi) is 11.5. The van der Waals surface area contributed by atoms with Crippen molar-refractivity contribution in [3.05, 3.63) is 54.0 Å². The number of nitrogens with zero attached hydrogens (tertiary/aromatic N) is 1. The van der Waals surface area contributed by atoms with Crippen LogP contribution in [0.5, 0.6) is 0 Å².